The van der Waals surface area contributed by atoms with E-state index in [9.17, 15) is 0 Å². The van der Waals surface area contributed by atoms with Crippen molar-refractivity contribution in [3.63, 3.8) is 0 Å². The topological polar surface area (TPSA) is 12.0 Å². The molecule has 1 nitrogen and oxygen atoms in total. The lowest BCUT2D eigenvalue weighted by atomic mass is 9.86. The average Bonchev–Trinajstić information content (AvgIpc) is 2.30. The second-order valence-corrected chi connectivity index (χ2v) is 4.96. The molecule has 0 amide bonds. The van der Waals surface area contributed by atoms with Crippen LogP contribution in [0.25, 0.3) is 0 Å². The zero-order valence-corrected chi connectivity index (χ0v) is 11.2. The zero-order valence-electron chi connectivity index (χ0n) is 11.2. The van der Waals surface area contributed by atoms with Crippen molar-refractivity contribution >= 4 is 0 Å². The Morgan fingerprint density at radius 1 is 1.06 bits per heavy atom. The Balaban J connectivity index is 2.86. The fourth-order valence-electron chi connectivity index (χ4n) is 2.08. The van der Waals surface area contributed by atoms with Gasteiger partial charge in [0.2, 0.25) is 0 Å². The van der Waals surface area contributed by atoms with Crippen LogP contribution in [-0.4, -0.2) is 7.05 Å². The highest BCUT2D eigenvalue weighted by molar-refractivity contribution is 5.25. The Morgan fingerprint density at radius 3 is 2.00 bits per heavy atom. The van der Waals surface area contributed by atoms with E-state index in [1.807, 2.05) is 0 Å². The first-order valence-corrected chi connectivity index (χ1v) is 6.36. The van der Waals surface area contributed by atoms with Gasteiger partial charge in [-0.1, -0.05) is 52.0 Å². The van der Waals surface area contributed by atoms with E-state index >= 15 is 0 Å². The fraction of sp³-hybridized carbons (Fsp3) is 0.600. The van der Waals surface area contributed by atoms with Gasteiger partial charge in [-0.25, -0.2) is 0 Å². The molecule has 2 unspecified atom stereocenters. The Morgan fingerprint density at radius 2 is 1.62 bits per heavy atom. The maximum atomic E-state index is 3.44. The maximum absolute atomic E-state index is 3.44. The molecule has 0 saturated heterocycles. The predicted octanol–water partition coefficient (Wildman–Crippen LogP) is 3.80. The van der Waals surface area contributed by atoms with Crippen LogP contribution in [0.15, 0.2) is 24.3 Å². The molecule has 1 N–H and O–H groups in total. The number of hydrogen-bond acceptors (Lipinski definition) is 1. The SMILES string of the molecule is CCc1ccc(C(NC)C(C)C(C)C)cc1. The van der Waals surface area contributed by atoms with Crippen molar-refractivity contribution in [3.05, 3.63) is 35.4 Å². The predicted molar refractivity (Wildman–Crippen MR) is 71.6 cm³/mol. The van der Waals surface area contributed by atoms with Gasteiger partial charge in [-0.05, 0) is 36.4 Å². The van der Waals surface area contributed by atoms with Gasteiger partial charge >= 0.3 is 0 Å². The van der Waals surface area contributed by atoms with Gasteiger partial charge in [0.15, 0.2) is 0 Å². The molecule has 16 heavy (non-hydrogen) atoms. The second-order valence-electron chi connectivity index (χ2n) is 4.96. The lowest BCUT2D eigenvalue weighted by molar-refractivity contribution is 0.317. The molecule has 0 aromatic heterocycles. The van der Waals surface area contributed by atoms with Gasteiger partial charge in [0.1, 0.15) is 0 Å². The normalized spacial score (nSPS) is 15.1. The van der Waals surface area contributed by atoms with Crippen LogP contribution in [0, 0.1) is 11.8 Å². The van der Waals surface area contributed by atoms with Crippen molar-refractivity contribution in [2.24, 2.45) is 11.8 Å². The van der Waals surface area contributed by atoms with Gasteiger partial charge in [-0.3, -0.25) is 0 Å². The number of benzene rings is 1. The molecule has 2 atom stereocenters. The molecular weight excluding hydrogens is 194 g/mol. The zero-order chi connectivity index (χ0) is 12.1. The minimum Gasteiger partial charge on any atom is -0.313 e. The summed E-state index contributed by atoms with van der Waals surface area (Å²) >= 11 is 0. The standard InChI is InChI=1S/C15H25N/c1-6-13-7-9-14(10-8-13)15(16-5)12(4)11(2)3/h7-12,15-16H,6H2,1-5H3. The number of aryl methyl sites for hydroxylation is 1. The minimum atomic E-state index is 0.464. The van der Waals surface area contributed by atoms with Crippen molar-refractivity contribution in [2.45, 2.75) is 40.2 Å². The van der Waals surface area contributed by atoms with Gasteiger partial charge in [0.05, 0.1) is 0 Å². The second kappa shape index (κ2) is 6.05. The lowest BCUT2D eigenvalue weighted by Gasteiger charge is -2.27. The third-order valence-corrected chi connectivity index (χ3v) is 3.64. The summed E-state index contributed by atoms with van der Waals surface area (Å²) < 4.78 is 0. The van der Waals surface area contributed by atoms with Gasteiger partial charge < -0.3 is 5.32 Å². The molecule has 1 aromatic rings. The average molecular weight is 219 g/mol. The van der Waals surface area contributed by atoms with E-state index < -0.39 is 0 Å². The summed E-state index contributed by atoms with van der Waals surface area (Å²) in [4.78, 5) is 0. The first-order chi connectivity index (χ1) is 7.60. The van der Waals surface area contributed by atoms with E-state index in [4.69, 9.17) is 0 Å². The first kappa shape index (κ1) is 13.2. The molecular formula is C15H25N. The summed E-state index contributed by atoms with van der Waals surface area (Å²) in [7, 11) is 2.05. The third kappa shape index (κ3) is 3.08. The van der Waals surface area contributed by atoms with Crippen LogP contribution in [0.2, 0.25) is 0 Å². The highest BCUT2D eigenvalue weighted by Gasteiger charge is 2.19. The van der Waals surface area contributed by atoms with Crippen LogP contribution in [0.4, 0.5) is 0 Å². The van der Waals surface area contributed by atoms with Crippen LogP contribution < -0.4 is 5.32 Å². The molecule has 0 spiro atoms. The van der Waals surface area contributed by atoms with E-state index in [1.165, 1.54) is 11.1 Å². The molecule has 0 heterocycles. The summed E-state index contributed by atoms with van der Waals surface area (Å²) in [6, 6.07) is 9.47. The van der Waals surface area contributed by atoms with Gasteiger partial charge in [0, 0.05) is 6.04 Å². The Hall–Kier alpha value is -0.820. The van der Waals surface area contributed by atoms with Gasteiger partial charge in [0.25, 0.3) is 0 Å². The Labute approximate surface area is 100 Å². The molecule has 0 fully saturated rings. The quantitative estimate of drug-likeness (QED) is 0.794. The lowest BCUT2D eigenvalue weighted by Crippen LogP contribution is -2.26. The largest absolute Gasteiger partial charge is 0.313 e. The van der Waals surface area contributed by atoms with E-state index in [2.05, 4.69) is 64.3 Å². The summed E-state index contributed by atoms with van der Waals surface area (Å²) in [5, 5.41) is 3.44. The summed E-state index contributed by atoms with van der Waals surface area (Å²) in [6.07, 6.45) is 1.12. The summed E-state index contributed by atoms with van der Waals surface area (Å²) in [5.41, 5.74) is 2.82. The van der Waals surface area contributed by atoms with E-state index in [0.29, 0.717) is 17.9 Å². The highest BCUT2D eigenvalue weighted by Crippen LogP contribution is 2.27. The minimum absolute atomic E-state index is 0.464. The molecule has 0 aliphatic carbocycles. The van der Waals surface area contributed by atoms with Crippen LogP contribution in [-0.2, 0) is 6.42 Å². The van der Waals surface area contributed by atoms with Crippen LogP contribution in [0.5, 0.6) is 0 Å². The van der Waals surface area contributed by atoms with E-state index in [1.54, 1.807) is 0 Å². The summed E-state index contributed by atoms with van der Waals surface area (Å²) in [5.74, 6) is 1.35. The molecule has 1 rings (SSSR count). The van der Waals surface area contributed by atoms with Crippen molar-refractivity contribution in [1.29, 1.82) is 0 Å². The molecule has 0 aliphatic rings. The van der Waals surface area contributed by atoms with Crippen LogP contribution >= 0.6 is 0 Å². The number of nitrogens with one attached hydrogen (secondary N) is 1. The molecule has 0 radical (unpaired) electrons. The Kier molecular flexibility index (Phi) is 5.01. The number of rotatable bonds is 5. The number of hydrogen-bond donors (Lipinski definition) is 1. The van der Waals surface area contributed by atoms with Gasteiger partial charge in [-0.15, -0.1) is 0 Å². The Bertz CT molecular complexity index is 300. The monoisotopic (exact) mass is 219 g/mol. The van der Waals surface area contributed by atoms with Gasteiger partial charge in [-0.2, -0.15) is 0 Å². The molecule has 0 bridgehead atoms. The van der Waals surface area contributed by atoms with E-state index in [0.717, 1.165) is 6.42 Å². The maximum Gasteiger partial charge on any atom is 0.0345 e. The van der Waals surface area contributed by atoms with Crippen molar-refractivity contribution in [3.8, 4) is 0 Å². The molecule has 1 aromatic carbocycles. The third-order valence-electron chi connectivity index (χ3n) is 3.64. The van der Waals surface area contributed by atoms with Crippen LogP contribution in [0.3, 0.4) is 0 Å². The van der Waals surface area contributed by atoms with Crippen molar-refractivity contribution in [2.75, 3.05) is 7.05 Å². The molecule has 90 valence electrons. The smallest absolute Gasteiger partial charge is 0.0345 e. The highest BCUT2D eigenvalue weighted by atomic mass is 14.9. The first-order valence-electron chi connectivity index (χ1n) is 6.36. The fourth-order valence-corrected chi connectivity index (χ4v) is 2.08. The molecule has 1 heteroatoms. The van der Waals surface area contributed by atoms with Crippen molar-refractivity contribution < 1.29 is 0 Å². The molecule has 0 saturated carbocycles. The van der Waals surface area contributed by atoms with Crippen molar-refractivity contribution in [1.82, 2.24) is 5.32 Å². The summed E-state index contributed by atoms with van der Waals surface area (Å²) in [6.45, 7) is 9.09. The molecule has 0 aliphatic heterocycles. The van der Waals surface area contributed by atoms with E-state index in [-0.39, 0.29) is 0 Å². The van der Waals surface area contributed by atoms with Crippen LogP contribution in [0.1, 0.15) is 44.9 Å².